The minimum atomic E-state index is 0.458. The quantitative estimate of drug-likeness (QED) is 0.735. The fourth-order valence-electron chi connectivity index (χ4n) is 1.28. The molecule has 0 aliphatic rings. The summed E-state index contributed by atoms with van der Waals surface area (Å²) in [6.45, 7) is 0. The largest absolute Gasteiger partial charge is 0.456 e. The highest BCUT2D eigenvalue weighted by molar-refractivity contribution is 9.10. The standard InChI is InChI=1S/C12H8BrCl2NO/c13-12-4-10(2-1-8(12)5-14)17-11-3-9(15)6-16-7-11/h1-4,6-7H,5H2. The fourth-order valence-corrected chi connectivity index (χ4v) is 2.34. The van der Waals surface area contributed by atoms with E-state index >= 15 is 0 Å². The second-order valence-corrected chi connectivity index (χ2v) is 4.89. The predicted octanol–water partition coefficient (Wildman–Crippen LogP) is 5.03. The first-order chi connectivity index (χ1) is 8.19. The van der Waals surface area contributed by atoms with Gasteiger partial charge in [0.05, 0.1) is 11.2 Å². The molecule has 2 aromatic rings. The molecule has 0 spiro atoms. The molecule has 2 nitrogen and oxygen atoms in total. The van der Waals surface area contributed by atoms with Gasteiger partial charge in [0.1, 0.15) is 11.5 Å². The minimum absolute atomic E-state index is 0.458. The zero-order chi connectivity index (χ0) is 12.3. The number of rotatable bonds is 3. The third-order valence-electron chi connectivity index (χ3n) is 2.08. The average molecular weight is 333 g/mol. The second kappa shape index (κ2) is 5.71. The lowest BCUT2D eigenvalue weighted by Gasteiger charge is -2.07. The van der Waals surface area contributed by atoms with Crippen molar-refractivity contribution in [2.75, 3.05) is 0 Å². The number of hydrogen-bond acceptors (Lipinski definition) is 2. The number of benzene rings is 1. The first kappa shape index (κ1) is 12.7. The Bertz CT molecular complexity index is 534. The molecule has 1 aromatic carbocycles. The van der Waals surface area contributed by atoms with Crippen molar-refractivity contribution in [3.63, 3.8) is 0 Å². The van der Waals surface area contributed by atoms with Crippen molar-refractivity contribution < 1.29 is 4.74 Å². The number of hydrogen-bond donors (Lipinski definition) is 0. The van der Waals surface area contributed by atoms with E-state index in [0.717, 1.165) is 10.0 Å². The van der Waals surface area contributed by atoms with Crippen LogP contribution in [0.1, 0.15) is 5.56 Å². The molecule has 0 bridgehead atoms. The van der Waals surface area contributed by atoms with E-state index in [1.807, 2.05) is 18.2 Å². The van der Waals surface area contributed by atoms with Crippen LogP contribution >= 0.6 is 39.1 Å². The molecule has 0 aliphatic carbocycles. The van der Waals surface area contributed by atoms with Gasteiger partial charge in [-0.25, -0.2) is 0 Å². The molecule has 5 heteroatoms. The van der Waals surface area contributed by atoms with Crippen molar-refractivity contribution in [3.8, 4) is 11.5 Å². The Morgan fingerprint density at radius 1 is 1.18 bits per heavy atom. The number of pyridine rings is 1. The lowest BCUT2D eigenvalue weighted by Crippen LogP contribution is -1.87. The summed E-state index contributed by atoms with van der Waals surface area (Å²) in [6.07, 6.45) is 3.16. The summed E-state index contributed by atoms with van der Waals surface area (Å²) in [5.41, 5.74) is 1.02. The van der Waals surface area contributed by atoms with Gasteiger partial charge in [0.25, 0.3) is 0 Å². The monoisotopic (exact) mass is 331 g/mol. The lowest BCUT2D eigenvalue weighted by atomic mass is 10.2. The third kappa shape index (κ3) is 3.35. The highest BCUT2D eigenvalue weighted by Gasteiger charge is 2.03. The first-order valence-corrected chi connectivity index (χ1v) is 6.52. The molecule has 0 N–H and O–H groups in total. The smallest absolute Gasteiger partial charge is 0.147 e. The van der Waals surface area contributed by atoms with E-state index in [9.17, 15) is 0 Å². The van der Waals surface area contributed by atoms with Crippen LogP contribution in [0.2, 0.25) is 5.02 Å². The Balaban J connectivity index is 2.22. The maximum Gasteiger partial charge on any atom is 0.147 e. The molecule has 1 heterocycles. The van der Waals surface area contributed by atoms with Gasteiger partial charge in [-0.15, -0.1) is 11.6 Å². The van der Waals surface area contributed by atoms with E-state index in [0.29, 0.717) is 22.4 Å². The van der Waals surface area contributed by atoms with Crippen molar-refractivity contribution in [3.05, 3.63) is 51.7 Å². The van der Waals surface area contributed by atoms with Crippen LogP contribution in [0.25, 0.3) is 0 Å². The number of halogens is 3. The zero-order valence-corrected chi connectivity index (χ0v) is 11.8. The SMILES string of the molecule is ClCc1ccc(Oc2cncc(Cl)c2)cc1Br. The Morgan fingerprint density at radius 2 is 2.00 bits per heavy atom. The molecule has 0 atom stereocenters. The summed E-state index contributed by atoms with van der Waals surface area (Å²) in [7, 11) is 0. The number of ether oxygens (including phenoxy) is 1. The van der Waals surface area contributed by atoms with Crippen molar-refractivity contribution in [2.45, 2.75) is 5.88 Å². The van der Waals surface area contributed by atoms with E-state index in [4.69, 9.17) is 27.9 Å². The molecule has 88 valence electrons. The molecule has 0 amide bonds. The molecular formula is C12H8BrCl2NO. The van der Waals surface area contributed by atoms with Gasteiger partial charge in [0.2, 0.25) is 0 Å². The van der Waals surface area contributed by atoms with Gasteiger partial charge in [-0.05, 0) is 17.7 Å². The van der Waals surface area contributed by atoms with Crippen LogP contribution in [-0.4, -0.2) is 4.98 Å². The molecule has 1 aromatic heterocycles. The van der Waals surface area contributed by atoms with E-state index in [1.54, 1.807) is 18.5 Å². The van der Waals surface area contributed by atoms with Crippen LogP contribution < -0.4 is 4.74 Å². The molecule has 0 saturated heterocycles. The van der Waals surface area contributed by atoms with Gasteiger partial charge in [-0.2, -0.15) is 0 Å². The molecule has 0 saturated carbocycles. The van der Waals surface area contributed by atoms with Crippen molar-refractivity contribution in [2.24, 2.45) is 0 Å². The number of nitrogens with zero attached hydrogens (tertiary/aromatic N) is 1. The van der Waals surface area contributed by atoms with Crippen LogP contribution in [-0.2, 0) is 5.88 Å². The molecule has 0 fully saturated rings. The summed E-state index contributed by atoms with van der Waals surface area (Å²) in [6, 6.07) is 7.32. The fraction of sp³-hybridized carbons (Fsp3) is 0.0833. The Labute approximate surface area is 118 Å². The summed E-state index contributed by atoms with van der Waals surface area (Å²) < 4.78 is 6.54. The molecular weight excluding hydrogens is 325 g/mol. The van der Waals surface area contributed by atoms with Crippen LogP contribution in [0.3, 0.4) is 0 Å². The molecule has 0 unspecified atom stereocenters. The predicted molar refractivity (Wildman–Crippen MR) is 73.0 cm³/mol. The summed E-state index contributed by atoms with van der Waals surface area (Å²) in [5, 5.41) is 0.541. The molecule has 0 aliphatic heterocycles. The van der Waals surface area contributed by atoms with E-state index in [-0.39, 0.29) is 0 Å². The normalized spacial score (nSPS) is 10.3. The van der Waals surface area contributed by atoms with Crippen molar-refractivity contribution in [1.82, 2.24) is 4.98 Å². The molecule has 0 radical (unpaired) electrons. The van der Waals surface area contributed by atoms with Gasteiger partial charge in [0, 0.05) is 22.6 Å². The summed E-state index contributed by atoms with van der Waals surface area (Å²) >= 11 is 15.0. The maximum atomic E-state index is 5.82. The Hall–Kier alpha value is -0.770. The topological polar surface area (TPSA) is 22.1 Å². The van der Waals surface area contributed by atoms with Gasteiger partial charge in [-0.1, -0.05) is 33.6 Å². The van der Waals surface area contributed by atoms with Crippen LogP contribution in [0.4, 0.5) is 0 Å². The summed E-state index contributed by atoms with van der Waals surface area (Å²) in [4.78, 5) is 3.95. The number of aromatic nitrogens is 1. The first-order valence-electron chi connectivity index (χ1n) is 4.82. The van der Waals surface area contributed by atoms with Crippen molar-refractivity contribution >= 4 is 39.1 Å². The van der Waals surface area contributed by atoms with E-state index in [1.165, 1.54) is 0 Å². The third-order valence-corrected chi connectivity index (χ3v) is 3.32. The van der Waals surface area contributed by atoms with Gasteiger partial charge in [-0.3, -0.25) is 4.98 Å². The summed E-state index contributed by atoms with van der Waals surface area (Å²) in [5.74, 6) is 1.76. The van der Waals surface area contributed by atoms with E-state index < -0.39 is 0 Å². The van der Waals surface area contributed by atoms with Crippen LogP contribution in [0.15, 0.2) is 41.1 Å². The van der Waals surface area contributed by atoms with Gasteiger partial charge < -0.3 is 4.74 Å². The van der Waals surface area contributed by atoms with Crippen LogP contribution in [0, 0.1) is 0 Å². The zero-order valence-electron chi connectivity index (χ0n) is 8.66. The van der Waals surface area contributed by atoms with Gasteiger partial charge >= 0.3 is 0 Å². The van der Waals surface area contributed by atoms with Gasteiger partial charge in [0.15, 0.2) is 0 Å². The maximum absolute atomic E-state index is 5.82. The second-order valence-electron chi connectivity index (χ2n) is 3.33. The average Bonchev–Trinajstić information content (AvgIpc) is 2.29. The molecule has 17 heavy (non-hydrogen) atoms. The Morgan fingerprint density at radius 3 is 2.65 bits per heavy atom. The minimum Gasteiger partial charge on any atom is -0.456 e. The lowest BCUT2D eigenvalue weighted by molar-refractivity contribution is 0.480. The number of alkyl halides is 1. The highest BCUT2D eigenvalue weighted by Crippen LogP contribution is 2.28. The van der Waals surface area contributed by atoms with Crippen LogP contribution in [0.5, 0.6) is 11.5 Å². The van der Waals surface area contributed by atoms with Crippen molar-refractivity contribution in [1.29, 1.82) is 0 Å². The highest BCUT2D eigenvalue weighted by atomic mass is 79.9. The Kier molecular flexibility index (Phi) is 4.26. The van der Waals surface area contributed by atoms with E-state index in [2.05, 4.69) is 20.9 Å². The molecule has 2 rings (SSSR count).